The summed E-state index contributed by atoms with van der Waals surface area (Å²) in [7, 11) is 0. The molecule has 0 fully saturated rings. The van der Waals surface area contributed by atoms with Crippen LogP contribution >= 0.6 is 23.1 Å². The highest BCUT2D eigenvalue weighted by molar-refractivity contribution is 8.01. The summed E-state index contributed by atoms with van der Waals surface area (Å²) in [5, 5.41) is 12.1. The lowest BCUT2D eigenvalue weighted by atomic mass is 10.1. The van der Waals surface area contributed by atoms with Gasteiger partial charge in [-0.3, -0.25) is 10.1 Å². The maximum Gasteiger partial charge on any atom is 0.293 e. The largest absolute Gasteiger partial charge is 0.451 e. The van der Waals surface area contributed by atoms with Gasteiger partial charge in [0, 0.05) is 16.7 Å². The summed E-state index contributed by atoms with van der Waals surface area (Å²) in [5.41, 5.74) is 1.52. The van der Waals surface area contributed by atoms with Gasteiger partial charge >= 0.3 is 0 Å². The third-order valence-electron chi connectivity index (χ3n) is 3.00. The van der Waals surface area contributed by atoms with Crippen LogP contribution in [0.25, 0.3) is 11.0 Å². The Morgan fingerprint density at radius 1 is 1.45 bits per heavy atom. The van der Waals surface area contributed by atoms with Gasteiger partial charge in [0.05, 0.1) is 0 Å². The molecule has 3 rings (SSSR count). The number of fused-ring (bicyclic) bond motifs is 1. The number of aromatic nitrogens is 2. The Labute approximate surface area is 135 Å². The molecule has 0 bridgehead atoms. The Kier molecular flexibility index (Phi) is 4.26. The first-order valence-electron chi connectivity index (χ1n) is 6.55. The van der Waals surface area contributed by atoms with Gasteiger partial charge in [-0.05, 0) is 13.0 Å². The van der Waals surface area contributed by atoms with Crippen LogP contribution < -0.4 is 5.32 Å². The van der Waals surface area contributed by atoms with Crippen LogP contribution in [0.1, 0.15) is 16.1 Å². The van der Waals surface area contributed by atoms with Crippen LogP contribution in [-0.4, -0.2) is 21.9 Å². The molecule has 1 aromatic carbocycles. The van der Waals surface area contributed by atoms with Crippen molar-refractivity contribution in [1.82, 2.24) is 10.2 Å². The van der Waals surface area contributed by atoms with Crippen LogP contribution in [0.4, 0.5) is 5.13 Å². The van der Waals surface area contributed by atoms with Gasteiger partial charge < -0.3 is 4.42 Å². The molecule has 3 aromatic rings. The van der Waals surface area contributed by atoms with Crippen molar-refractivity contribution >= 4 is 45.1 Å². The quantitative estimate of drug-likeness (QED) is 0.433. The molecule has 7 heteroatoms. The number of nitrogens with zero attached hydrogens (tertiary/aromatic N) is 2. The number of hydrogen-bond donors (Lipinski definition) is 1. The summed E-state index contributed by atoms with van der Waals surface area (Å²) >= 11 is 2.85. The lowest BCUT2D eigenvalue weighted by molar-refractivity contribution is 0.0998. The van der Waals surface area contributed by atoms with Crippen molar-refractivity contribution in [2.75, 3.05) is 11.1 Å². The highest BCUT2D eigenvalue weighted by Gasteiger charge is 2.18. The third kappa shape index (κ3) is 2.90. The average molecular weight is 331 g/mol. The van der Waals surface area contributed by atoms with Crippen molar-refractivity contribution in [3.05, 3.63) is 48.2 Å². The fraction of sp³-hybridized carbons (Fsp3) is 0.133. The number of amides is 1. The molecule has 0 saturated carbocycles. The van der Waals surface area contributed by atoms with Gasteiger partial charge in [0.25, 0.3) is 5.91 Å². The number of aryl methyl sites for hydroxylation is 1. The van der Waals surface area contributed by atoms with E-state index in [0.717, 1.165) is 21.0 Å². The predicted octanol–water partition coefficient (Wildman–Crippen LogP) is 4.12. The molecule has 0 aliphatic heterocycles. The van der Waals surface area contributed by atoms with Gasteiger partial charge in [-0.2, -0.15) is 0 Å². The molecule has 22 heavy (non-hydrogen) atoms. The number of carbonyl (C=O) groups is 1. The number of rotatable bonds is 5. The zero-order valence-corrected chi connectivity index (χ0v) is 13.5. The van der Waals surface area contributed by atoms with E-state index in [2.05, 4.69) is 22.1 Å². The normalized spacial score (nSPS) is 10.8. The fourth-order valence-corrected chi connectivity index (χ4v) is 3.50. The summed E-state index contributed by atoms with van der Waals surface area (Å²) in [6.07, 6.45) is 1.79. The predicted molar refractivity (Wildman–Crippen MR) is 89.7 cm³/mol. The fourth-order valence-electron chi connectivity index (χ4n) is 1.99. The molecule has 0 atom stereocenters. The first-order valence-corrected chi connectivity index (χ1v) is 8.36. The van der Waals surface area contributed by atoms with Crippen LogP contribution in [0.15, 0.2) is 45.7 Å². The molecular weight excluding hydrogens is 318 g/mol. The highest BCUT2D eigenvalue weighted by Crippen LogP contribution is 2.28. The van der Waals surface area contributed by atoms with E-state index in [-0.39, 0.29) is 5.91 Å². The van der Waals surface area contributed by atoms with Gasteiger partial charge in [0.2, 0.25) is 5.13 Å². The van der Waals surface area contributed by atoms with Crippen molar-refractivity contribution in [3.8, 4) is 0 Å². The first-order chi connectivity index (χ1) is 10.7. The van der Waals surface area contributed by atoms with E-state index in [1.54, 1.807) is 6.08 Å². The number of anilines is 1. The minimum atomic E-state index is -0.315. The molecule has 5 nitrogen and oxygen atoms in total. The second-order valence-corrected chi connectivity index (χ2v) is 6.72. The summed E-state index contributed by atoms with van der Waals surface area (Å²) in [4.78, 5) is 12.3. The van der Waals surface area contributed by atoms with Gasteiger partial charge in [0.15, 0.2) is 10.1 Å². The summed E-state index contributed by atoms with van der Waals surface area (Å²) < 4.78 is 6.42. The number of thioether (sulfide) groups is 1. The molecular formula is C15H13N3O2S2. The molecule has 112 valence electrons. The smallest absolute Gasteiger partial charge is 0.293 e. The molecule has 0 unspecified atom stereocenters. The first kappa shape index (κ1) is 14.8. The molecule has 2 aromatic heterocycles. The number of para-hydroxylation sites is 1. The van der Waals surface area contributed by atoms with E-state index in [1.165, 1.54) is 23.1 Å². The SMILES string of the molecule is C=CCSc1nnc(NC(=O)c2oc3ccccc3c2C)s1. The van der Waals surface area contributed by atoms with Crippen molar-refractivity contribution in [1.29, 1.82) is 0 Å². The number of nitrogens with one attached hydrogen (secondary N) is 1. The van der Waals surface area contributed by atoms with Crippen LogP contribution in [0.5, 0.6) is 0 Å². The van der Waals surface area contributed by atoms with Crippen molar-refractivity contribution in [3.63, 3.8) is 0 Å². The molecule has 0 aliphatic carbocycles. The Hall–Kier alpha value is -2.12. The lowest BCUT2D eigenvalue weighted by Crippen LogP contribution is -2.11. The zero-order valence-electron chi connectivity index (χ0n) is 11.8. The average Bonchev–Trinajstić information content (AvgIpc) is 3.10. The van der Waals surface area contributed by atoms with Crippen molar-refractivity contribution < 1.29 is 9.21 Å². The monoisotopic (exact) mass is 331 g/mol. The summed E-state index contributed by atoms with van der Waals surface area (Å²) in [6, 6.07) is 7.56. The van der Waals surface area contributed by atoms with E-state index in [1.807, 2.05) is 31.2 Å². The van der Waals surface area contributed by atoms with Crippen LogP contribution in [-0.2, 0) is 0 Å². The van der Waals surface area contributed by atoms with Gasteiger partial charge in [-0.1, -0.05) is 47.4 Å². The Bertz CT molecular complexity index is 838. The lowest BCUT2D eigenvalue weighted by Gasteiger charge is -1.98. The number of carbonyl (C=O) groups excluding carboxylic acids is 1. The highest BCUT2D eigenvalue weighted by atomic mass is 32.2. The third-order valence-corrected chi connectivity index (χ3v) is 4.97. The van der Waals surface area contributed by atoms with Crippen LogP contribution in [0.2, 0.25) is 0 Å². The Balaban J connectivity index is 1.79. The van der Waals surface area contributed by atoms with E-state index < -0.39 is 0 Å². The standard InChI is InChI=1S/C15H13N3O2S2/c1-3-8-21-15-18-17-14(22-15)16-13(19)12-9(2)10-6-4-5-7-11(10)20-12/h3-7H,1,8H2,2H3,(H,16,17,19). The molecule has 0 radical (unpaired) electrons. The molecule has 1 amide bonds. The van der Waals surface area contributed by atoms with E-state index in [0.29, 0.717) is 16.5 Å². The maximum absolute atomic E-state index is 12.3. The van der Waals surface area contributed by atoms with Crippen LogP contribution in [0.3, 0.4) is 0 Å². The molecule has 0 spiro atoms. The van der Waals surface area contributed by atoms with Gasteiger partial charge in [-0.15, -0.1) is 16.8 Å². The van der Waals surface area contributed by atoms with E-state index in [9.17, 15) is 4.79 Å². The summed E-state index contributed by atoms with van der Waals surface area (Å²) in [5.74, 6) is 0.743. The molecule has 2 heterocycles. The van der Waals surface area contributed by atoms with E-state index in [4.69, 9.17) is 4.42 Å². The molecule has 0 saturated heterocycles. The van der Waals surface area contributed by atoms with E-state index >= 15 is 0 Å². The molecule has 1 N–H and O–H groups in total. The van der Waals surface area contributed by atoms with Crippen LogP contribution in [0, 0.1) is 6.92 Å². The Morgan fingerprint density at radius 2 is 2.27 bits per heavy atom. The maximum atomic E-state index is 12.3. The van der Waals surface area contributed by atoms with Crippen molar-refractivity contribution in [2.24, 2.45) is 0 Å². The minimum Gasteiger partial charge on any atom is -0.451 e. The van der Waals surface area contributed by atoms with Gasteiger partial charge in [0.1, 0.15) is 5.58 Å². The Morgan fingerprint density at radius 3 is 3.05 bits per heavy atom. The number of hydrogen-bond acceptors (Lipinski definition) is 6. The zero-order chi connectivity index (χ0) is 15.5. The topological polar surface area (TPSA) is 68.0 Å². The number of furan rings is 1. The van der Waals surface area contributed by atoms with Gasteiger partial charge in [-0.25, -0.2) is 0 Å². The number of benzene rings is 1. The van der Waals surface area contributed by atoms with Crippen molar-refractivity contribution in [2.45, 2.75) is 11.3 Å². The minimum absolute atomic E-state index is 0.302. The second-order valence-electron chi connectivity index (χ2n) is 4.48. The second kappa shape index (κ2) is 6.33. The molecule has 0 aliphatic rings. The summed E-state index contributed by atoms with van der Waals surface area (Å²) in [6.45, 7) is 5.52.